The minimum absolute atomic E-state index is 0.174. The Kier molecular flexibility index (Phi) is 12.4. The summed E-state index contributed by atoms with van der Waals surface area (Å²) in [5, 5.41) is 0. The maximum Gasteiger partial charge on any atom is 0.316 e. The average molecular weight is 288 g/mol. The first kappa shape index (κ1) is 19.1. The van der Waals surface area contributed by atoms with Crippen molar-refractivity contribution in [2.45, 2.75) is 46.5 Å². The smallest absolute Gasteiger partial charge is 0.316 e. The van der Waals surface area contributed by atoms with Gasteiger partial charge in [0.25, 0.3) is 0 Å². The predicted octanol–water partition coefficient (Wildman–Crippen LogP) is 2.37. The van der Waals surface area contributed by atoms with Crippen LogP contribution in [-0.4, -0.2) is 44.8 Å². The molecule has 5 nitrogen and oxygen atoms in total. The minimum atomic E-state index is -0.693. The second kappa shape index (κ2) is 13.1. The van der Waals surface area contributed by atoms with Crippen LogP contribution in [0, 0.1) is 5.92 Å². The molecular weight excluding hydrogens is 260 g/mol. The summed E-state index contributed by atoms with van der Waals surface area (Å²) in [6.07, 6.45) is 4.78. The number of unbranched alkanes of at least 4 members (excludes halogenated alkanes) is 3. The van der Waals surface area contributed by atoms with Gasteiger partial charge >= 0.3 is 5.97 Å². The Labute approximate surface area is 122 Å². The normalized spacial score (nSPS) is 12.2. The first-order valence-electron chi connectivity index (χ1n) is 7.42. The Bertz CT molecular complexity index is 265. The standard InChI is InChI=1S/C15H28O5/c1-4-5-6-7-8-18-9-10-19-11-12-20-15(17)13(2)14(3)16/h13H,4-12H2,1-3H3. The summed E-state index contributed by atoms with van der Waals surface area (Å²) in [5.74, 6) is -1.37. The number of esters is 1. The zero-order valence-corrected chi connectivity index (χ0v) is 13.0. The molecule has 0 saturated carbocycles. The fourth-order valence-corrected chi connectivity index (χ4v) is 1.45. The third-order valence-electron chi connectivity index (χ3n) is 2.95. The molecule has 1 unspecified atom stereocenters. The lowest BCUT2D eigenvalue weighted by atomic mass is 10.1. The zero-order valence-electron chi connectivity index (χ0n) is 13.0. The average Bonchev–Trinajstić information content (AvgIpc) is 2.43. The number of carbonyl (C=O) groups excluding carboxylic acids is 2. The van der Waals surface area contributed by atoms with E-state index in [-0.39, 0.29) is 12.4 Å². The van der Waals surface area contributed by atoms with Gasteiger partial charge < -0.3 is 14.2 Å². The third-order valence-corrected chi connectivity index (χ3v) is 2.95. The van der Waals surface area contributed by atoms with Crippen molar-refractivity contribution in [3.8, 4) is 0 Å². The summed E-state index contributed by atoms with van der Waals surface area (Å²) >= 11 is 0. The molecule has 0 amide bonds. The van der Waals surface area contributed by atoms with Gasteiger partial charge in [0, 0.05) is 6.61 Å². The Hall–Kier alpha value is -0.940. The molecule has 5 heteroatoms. The largest absolute Gasteiger partial charge is 0.463 e. The summed E-state index contributed by atoms with van der Waals surface area (Å²) in [7, 11) is 0. The van der Waals surface area contributed by atoms with E-state index >= 15 is 0 Å². The second-order valence-corrected chi connectivity index (χ2v) is 4.79. The molecule has 0 aliphatic heterocycles. The van der Waals surface area contributed by atoms with Crippen LogP contribution in [0.1, 0.15) is 46.5 Å². The number of rotatable bonds is 13. The Morgan fingerprint density at radius 2 is 1.50 bits per heavy atom. The Balaban J connectivity index is 3.24. The van der Waals surface area contributed by atoms with Crippen LogP contribution in [0.4, 0.5) is 0 Å². The number of hydrogen-bond donors (Lipinski definition) is 0. The molecule has 0 bridgehead atoms. The van der Waals surface area contributed by atoms with Crippen molar-refractivity contribution >= 4 is 11.8 Å². The summed E-state index contributed by atoms with van der Waals surface area (Å²) in [6.45, 7) is 7.42. The minimum Gasteiger partial charge on any atom is -0.463 e. The molecule has 1 atom stereocenters. The molecule has 0 spiro atoms. The lowest BCUT2D eigenvalue weighted by molar-refractivity contribution is -0.152. The second-order valence-electron chi connectivity index (χ2n) is 4.79. The fourth-order valence-electron chi connectivity index (χ4n) is 1.45. The monoisotopic (exact) mass is 288 g/mol. The van der Waals surface area contributed by atoms with E-state index in [1.807, 2.05) is 0 Å². The molecule has 0 aliphatic carbocycles. The number of ether oxygens (including phenoxy) is 3. The van der Waals surface area contributed by atoms with Gasteiger partial charge in [0.1, 0.15) is 18.3 Å². The maximum absolute atomic E-state index is 11.3. The van der Waals surface area contributed by atoms with E-state index in [0.29, 0.717) is 19.8 Å². The van der Waals surface area contributed by atoms with Gasteiger partial charge in [-0.1, -0.05) is 26.2 Å². The van der Waals surface area contributed by atoms with Crippen molar-refractivity contribution in [2.24, 2.45) is 5.92 Å². The number of hydrogen-bond acceptors (Lipinski definition) is 5. The zero-order chi connectivity index (χ0) is 15.2. The van der Waals surface area contributed by atoms with Gasteiger partial charge in [0.05, 0.1) is 19.8 Å². The van der Waals surface area contributed by atoms with E-state index < -0.39 is 11.9 Å². The van der Waals surface area contributed by atoms with Gasteiger partial charge in [-0.3, -0.25) is 9.59 Å². The topological polar surface area (TPSA) is 61.8 Å². The molecule has 0 radical (unpaired) electrons. The van der Waals surface area contributed by atoms with Crippen LogP contribution in [0.3, 0.4) is 0 Å². The Morgan fingerprint density at radius 1 is 0.900 bits per heavy atom. The van der Waals surface area contributed by atoms with Crippen LogP contribution in [0.25, 0.3) is 0 Å². The summed E-state index contributed by atoms with van der Waals surface area (Å²) in [4.78, 5) is 22.3. The van der Waals surface area contributed by atoms with Crippen LogP contribution in [0.2, 0.25) is 0 Å². The summed E-state index contributed by atoms with van der Waals surface area (Å²) < 4.78 is 15.6. The molecule has 0 N–H and O–H groups in total. The highest BCUT2D eigenvalue weighted by molar-refractivity contribution is 5.97. The summed E-state index contributed by atoms with van der Waals surface area (Å²) in [5.41, 5.74) is 0. The molecule has 0 fully saturated rings. The van der Waals surface area contributed by atoms with Gasteiger partial charge in [-0.05, 0) is 20.3 Å². The van der Waals surface area contributed by atoms with Crippen molar-refractivity contribution < 1.29 is 23.8 Å². The van der Waals surface area contributed by atoms with Crippen LogP contribution >= 0.6 is 0 Å². The molecule has 0 aromatic rings. The van der Waals surface area contributed by atoms with Crippen LogP contribution < -0.4 is 0 Å². The van der Waals surface area contributed by atoms with Gasteiger partial charge in [-0.15, -0.1) is 0 Å². The first-order chi connectivity index (χ1) is 9.59. The molecule has 0 saturated heterocycles. The SMILES string of the molecule is CCCCCCOCCOCCOC(=O)C(C)C(C)=O. The van der Waals surface area contributed by atoms with Crippen molar-refractivity contribution in [2.75, 3.05) is 33.0 Å². The number of Topliss-reactive ketones (excluding diaryl/α,β-unsaturated/α-hetero) is 1. The third kappa shape index (κ3) is 10.9. The van der Waals surface area contributed by atoms with E-state index in [1.54, 1.807) is 0 Å². The van der Waals surface area contributed by atoms with Crippen molar-refractivity contribution in [1.82, 2.24) is 0 Å². The highest BCUT2D eigenvalue weighted by Gasteiger charge is 2.18. The van der Waals surface area contributed by atoms with Gasteiger partial charge in [-0.25, -0.2) is 0 Å². The van der Waals surface area contributed by atoms with Gasteiger partial charge in [-0.2, -0.15) is 0 Å². The highest BCUT2D eigenvalue weighted by Crippen LogP contribution is 2.00. The van der Waals surface area contributed by atoms with Gasteiger partial charge in [0.2, 0.25) is 0 Å². The molecular formula is C15H28O5. The molecule has 0 heterocycles. The van der Waals surface area contributed by atoms with E-state index in [1.165, 1.54) is 33.1 Å². The van der Waals surface area contributed by atoms with E-state index in [4.69, 9.17) is 14.2 Å². The molecule has 118 valence electrons. The maximum atomic E-state index is 11.3. The fraction of sp³-hybridized carbons (Fsp3) is 0.867. The van der Waals surface area contributed by atoms with Crippen LogP contribution in [0.5, 0.6) is 0 Å². The number of ketones is 1. The van der Waals surface area contributed by atoms with Crippen molar-refractivity contribution in [3.05, 3.63) is 0 Å². The van der Waals surface area contributed by atoms with E-state index in [0.717, 1.165) is 13.0 Å². The molecule has 0 aromatic carbocycles. The molecule has 0 aliphatic rings. The lowest BCUT2D eigenvalue weighted by Crippen LogP contribution is -2.23. The van der Waals surface area contributed by atoms with Crippen molar-refractivity contribution in [3.63, 3.8) is 0 Å². The highest BCUT2D eigenvalue weighted by atomic mass is 16.6. The van der Waals surface area contributed by atoms with E-state index in [2.05, 4.69) is 6.92 Å². The molecule has 0 aromatic heterocycles. The molecule has 0 rings (SSSR count). The first-order valence-corrected chi connectivity index (χ1v) is 7.42. The van der Waals surface area contributed by atoms with Gasteiger partial charge in [0.15, 0.2) is 0 Å². The quantitative estimate of drug-likeness (QED) is 0.296. The Morgan fingerprint density at radius 3 is 2.10 bits per heavy atom. The molecule has 20 heavy (non-hydrogen) atoms. The van der Waals surface area contributed by atoms with Crippen molar-refractivity contribution in [1.29, 1.82) is 0 Å². The van der Waals surface area contributed by atoms with Crippen LogP contribution in [0.15, 0.2) is 0 Å². The predicted molar refractivity (Wildman–Crippen MR) is 76.6 cm³/mol. The summed E-state index contributed by atoms with van der Waals surface area (Å²) in [6, 6.07) is 0. The number of carbonyl (C=O) groups is 2. The van der Waals surface area contributed by atoms with E-state index in [9.17, 15) is 9.59 Å². The van der Waals surface area contributed by atoms with Crippen LogP contribution in [-0.2, 0) is 23.8 Å². The lowest BCUT2D eigenvalue weighted by Gasteiger charge is -2.09.